The first-order valence-electron chi connectivity index (χ1n) is 7.18. The molecule has 2 bridgehead atoms. The highest BCUT2D eigenvalue weighted by Crippen LogP contribution is 2.49. The summed E-state index contributed by atoms with van der Waals surface area (Å²) in [7, 11) is 0. The van der Waals surface area contributed by atoms with Gasteiger partial charge in [0, 0.05) is 0 Å². The normalized spacial score (nSPS) is 30.6. The highest BCUT2D eigenvalue weighted by Gasteiger charge is 2.40. The van der Waals surface area contributed by atoms with Gasteiger partial charge in [-0.2, -0.15) is 0 Å². The van der Waals surface area contributed by atoms with Gasteiger partial charge >= 0.3 is 0 Å². The van der Waals surface area contributed by atoms with E-state index in [2.05, 4.69) is 28.9 Å². The summed E-state index contributed by atoms with van der Waals surface area (Å²) in [4.78, 5) is 0. The van der Waals surface area contributed by atoms with Crippen LogP contribution >= 0.6 is 15.9 Å². The summed E-state index contributed by atoms with van der Waals surface area (Å²) in [6.07, 6.45) is 15.3. The second-order valence-corrected chi connectivity index (χ2v) is 6.55. The largest absolute Gasteiger partial charge is 0.191 e. The van der Waals surface area contributed by atoms with Gasteiger partial charge in [-0.15, -0.1) is 0 Å². The molecule has 2 fully saturated rings. The van der Waals surface area contributed by atoms with Gasteiger partial charge in [0.15, 0.2) is 6.71 Å². The third-order valence-electron chi connectivity index (χ3n) is 4.53. The van der Waals surface area contributed by atoms with Crippen molar-refractivity contribution in [2.45, 2.75) is 76.3 Å². The van der Waals surface area contributed by atoms with Gasteiger partial charge in [-0.05, 0) is 10.8 Å². The molecule has 0 unspecified atom stereocenters. The molecule has 2 heteroatoms. The maximum Gasteiger partial charge on any atom is 0.191 e. The Labute approximate surface area is 109 Å². The minimum absolute atomic E-state index is 0.888. The smallest absolute Gasteiger partial charge is 0.0833 e. The number of hydrogen-bond acceptors (Lipinski definition) is 0. The molecule has 0 aromatic rings. The summed E-state index contributed by atoms with van der Waals surface area (Å²) in [5.74, 6) is 2.00. The number of halogens is 1. The Bertz CT molecular complexity index is 227. The molecular weight excluding hydrogens is 259 g/mol. The van der Waals surface area contributed by atoms with Gasteiger partial charge in [0.05, 0.1) is 0 Å². The van der Waals surface area contributed by atoms with Crippen LogP contribution in [0.1, 0.15) is 64.7 Å². The van der Waals surface area contributed by atoms with E-state index in [1.807, 2.05) is 0 Å². The predicted octanol–water partition coefficient (Wildman–Crippen LogP) is 5.60. The third-order valence-corrected chi connectivity index (χ3v) is 5.38. The van der Waals surface area contributed by atoms with E-state index in [0.29, 0.717) is 0 Å². The van der Waals surface area contributed by atoms with Crippen molar-refractivity contribution in [3.05, 3.63) is 10.5 Å². The van der Waals surface area contributed by atoms with Crippen molar-refractivity contribution in [3.8, 4) is 0 Å². The van der Waals surface area contributed by atoms with E-state index in [9.17, 15) is 0 Å². The Hall–Kier alpha value is 0.285. The molecule has 16 heavy (non-hydrogen) atoms. The lowest BCUT2D eigenvalue weighted by Gasteiger charge is -2.40. The maximum atomic E-state index is 3.89. The van der Waals surface area contributed by atoms with Crippen molar-refractivity contribution in [1.82, 2.24) is 0 Å². The molecule has 2 heterocycles. The topological polar surface area (TPSA) is 0 Å². The van der Waals surface area contributed by atoms with Crippen LogP contribution in [-0.4, -0.2) is 6.71 Å². The van der Waals surface area contributed by atoms with E-state index in [0.717, 1.165) is 18.3 Å². The molecule has 0 saturated carbocycles. The molecule has 0 N–H and O–H groups in total. The average Bonchev–Trinajstić information content (AvgIpc) is 2.28. The molecule has 2 saturated heterocycles. The second-order valence-electron chi connectivity index (χ2n) is 5.64. The molecule has 0 spiro atoms. The number of fused-ring (bicyclic) bond motifs is 2. The van der Waals surface area contributed by atoms with Crippen LogP contribution < -0.4 is 0 Å². The van der Waals surface area contributed by atoms with Gasteiger partial charge in [-0.25, -0.2) is 0 Å². The van der Waals surface area contributed by atoms with Crippen molar-refractivity contribution >= 4 is 22.6 Å². The fourth-order valence-corrected chi connectivity index (χ4v) is 4.68. The standard InChI is InChI=1S/C14H24BBr/c1-2-3-4-11-14(16)15-12-7-5-8-13(15)10-6-9-12/h11-13H,2-10H2,1H3/b14-11-. The monoisotopic (exact) mass is 282 g/mol. The Morgan fingerprint density at radius 2 is 1.75 bits per heavy atom. The van der Waals surface area contributed by atoms with Crippen LogP contribution in [0, 0.1) is 0 Å². The molecule has 2 aliphatic heterocycles. The molecule has 0 nitrogen and oxygen atoms in total. The zero-order valence-corrected chi connectivity index (χ0v) is 12.1. The summed E-state index contributed by atoms with van der Waals surface area (Å²) >= 11 is 3.89. The Morgan fingerprint density at radius 3 is 2.25 bits per heavy atom. The molecule has 0 radical (unpaired) electrons. The molecule has 0 atom stereocenters. The van der Waals surface area contributed by atoms with Crippen molar-refractivity contribution in [2.24, 2.45) is 0 Å². The van der Waals surface area contributed by atoms with Gasteiger partial charge in [0.2, 0.25) is 0 Å². The van der Waals surface area contributed by atoms with Crippen molar-refractivity contribution in [2.75, 3.05) is 0 Å². The molecule has 0 aliphatic carbocycles. The lowest BCUT2D eigenvalue weighted by atomic mass is 9.27. The maximum absolute atomic E-state index is 3.89. The first-order chi connectivity index (χ1) is 7.83. The van der Waals surface area contributed by atoms with E-state index in [1.165, 1.54) is 57.8 Å². The molecule has 2 rings (SSSR count). The molecule has 0 aromatic heterocycles. The highest BCUT2D eigenvalue weighted by atomic mass is 79.9. The number of allylic oxidation sites excluding steroid dienone is 1. The highest BCUT2D eigenvalue weighted by molar-refractivity contribution is 9.12. The predicted molar refractivity (Wildman–Crippen MR) is 77.5 cm³/mol. The van der Waals surface area contributed by atoms with Crippen LogP contribution in [0.5, 0.6) is 0 Å². The second kappa shape index (κ2) is 6.28. The summed E-state index contributed by atoms with van der Waals surface area (Å²) in [5, 5.41) is 0. The average molecular weight is 283 g/mol. The molecular formula is C14H24BBr. The number of hydrogen-bond donors (Lipinski definition) is 0. The van der Waals surface area contributed by atoms with E-state index in [4.69, 9.17) is 0 Å². The fraction of sp³-hybridized carbons (Fsp3) is 0.857. The quantitative estimate of drug-likeness (QED) is 0.465. The van der Waals surface area contributed by atoms with E-state index >= 15 is 0 Å². The summed E-state index contributed by atoms with van der Waals surface area (Å²) in [6.45, 7) is 3.16. The summed E-state index contributed by atoms with van der Waals surface area (Å²) in [5.41, 5.74) is 0. The molecule has 2 aliphatic rings. The number of unbranched alkanes of at least 4 members (excludes halogenated alkanes) is 2. The van der Waals surface area contributed by atoms with Crippen molar-refractivity contribution in [1.29, 1.82) is 0 Å². The summed E-state index contributed by atoms with van der Waals surface area (Å²) < 4.78 is 1.55. The van der Waals surface area contributed by atoms with Gasteiger partial charge in [0.1, 0.15) is 0 Å². The first kappa shape index (κ1) is 12.7. The lowest BCUT2D eigenvalue weighted by Crippen LogP contribution is -2.35. The Kier molecular flexibility index (Phi) is 5.00. The van der Waals surface area contributed by atoms with Crippen LogP contribution in [0.15, 0.2) is 10.5 Å². The van der Waals surface area contributed by atoms with Gasteiger partial charge in [-0.3, -0.25) is 0 Å². The molecule has 0 amide bonds. The van der Waals surface area contributed by atoms with Gasteiger partial charge < -0.3 is 0 Å². The first-order valence-corrected chi connectivity index (χ1v) is 7.97. The minimum atomic E-state index is 0.888. The molecule has 90 valence electrons. The summed E-state index contributed by atoms with van der Waals surface area (Å²) in [6, 6.07) is 0. The number of rotatable bonds is 4. The van der Waals surface area contributed by atoms with Crippen LogP contribution in [-0.2, 0) is 0 Å². The fourth-order valence-electron chi connectivity index (χ4n) is 3.71. The Morgan fingerprint density at radius 1 is 1.19 bits per heavy atom. The third kappa shape index (κ3) is 2.94. The van der Waals surface area contributed by atoms with Crippen LogP contribution in [0.2, 0.25) is 11.6 Å². The Balaban J connectivity index is 1.98. The lowest BCUT2D eigenvalue weighted by molar-refractivity contribution is 0.447. The van der Waals surface area contributed by atoms with Crippen molar-refractivity contribution < 1.29 is 0 Å². The van der Waals surface area contributed by atoms with E-state index in [1.54, 1.807) is 4.38 Å². The van der Waals surface area contributed by atoms with Gasteiger partial charge in [-0.1, -0.05) is 91.9 Å². The van der Waals surface area contributed by atoms with Crippen LogP contribution in [0.25, 0.3) is 0 Å². The minimum Gasteiger partial charge on any atom is -0.0833 e. The van der Waals surface area contributed by atoms with Crippen molar-refractivity contribution in [3.63, 3.8) is 0 Å². The van der Waals surface area contributed by atoms with Crippen LogP contribution in [0.4, 0.5) is 0 Å². The molecule has 0 aromatic carbocycles. The zero-order chi connectivity index (χ0) is 11.4. The van der Waals surface area contributed by atoms with Gasteiger partial charge in [0.25, 0.3) is 0 Å². The van der Waals surface area contributed by atoms with E-state index in [-0.39, 0.29) is 0 Å². The SMILES string of the molecule is CCCC/C=C(\Br)B1C2CCCC1CCC2. The van der Waals surface area contributed by atoms with E-state index < -0.39 is 0 Å². The zero-order valence-electron chi connectivity index (χ0n) is 10.6. The van der Waals surface area contributed by atoms with Crippen LogP contribution in [0.3, 0.4) is 0 Å².